The standard InChI is InChI=1S/C17H16BrN3O4S/c1-10(2)25-15-8-7-11(18)9-12(15)16(22)20-17(26)19-13-5-3-4-6-14(13)21(23)24/h3-10H,1-2H3,(H2,19,20,22,26). The van der Waals surface area contributed by atoms with Crippen LogP contribution in [0.2, 0.25) is 0 Å². The van der Waals surface area contributed by atoms with Crippen molar-refractivity contribution in [2.45, 2.75) is 20.0 Å². The molecule has 0 aromatic heterocycles. The zero-order valence-corrected chi connectivity index (χ0v) is 16.4. The monoisotopic (exact) mass is 437 g/mol. The number of hydrogen-bond acceptors (Lipinski definition) is 5. The number of amides is 1. The topological polar surface area (TPSA) is 93.5 Å². The minimum Gasteiger partial charge on any atom is -0.490 e. The summed E-state index contributed by atoms with van der Waals surface area (Å²) in [4.78, 5) is 23.1. The van der Waals surface area contributed by atoms with E-state index in [9.17, 15) is 14.9 Å². The lowest BCUT2D eigenvalue weighted by Gasteiger charge is -2.15. The van der Waals surface area contributed by atoms with E-state index in [1.54, 1.807) is 30.3 Å². The highest BCUT2D eigenvalue weighted by Gasteiger charge is 2.18. The fraction of sp³-hybridized carbons (Fsp3) is 0.176. The highest BCUT2D eigenvalue weighted by atomic mass is 79.9. The molecule has 0 spiro atoms. The molecule has 1 amide bonds. The fourth-order valence-electron chi connectivity index (χ4n) is 2.10. The molecule has 9 heteroatoms. The molecule has 2 aromatic carbocycles. The van der Waals surface area contributed by atoms with E-state index in [1.165, 1.54) is 12.1 Å². The number of nitrogens with zero attached hydrogens (tertiary/aromatic N) is 1. The van der Waals surface area contributed by atoms with Gasteiger partial charge in [-0.2, -0.15) is 0 Å². The molecule has 0 bridgehead atoms. The van der Waals surface area contributed by atoms with Crippen molar-refractivity contribution in [2.75, 3.05) is 5.32 Å². The van der Waals surface area contributed by atoms with Gasteiger partial charge in [0.15, 0.2) is 5.11 Å². The first-order valence-corrected chi connectivity index (χ1v) is 8.80. The third-order valence-electron chi connectivity index (χ3n) is 3.12. The number of hydrogen-bond donors (Lipinski definition) is 2. The summed E-state index contributed by atoms with van der Waals surface area (Å²) in [6, 6.07) is 11.1. The van der Waals surface area contributed by atoms with Gasteiger partial charge in [-0.25, -0.2) is 0 Å². The molecule has 0 heterocycles. The lowest BCUT2D eigenvalue weighted by Crippen LogP contribution is -2.34. The van der Waals surface area contributed by atoms with Crippen molar-refractivity contribution >= 4 is 50.5 Å². The van der Waals surface area contributed by atoms with Gasteiger partial charge in [0.25, 0.3) is 11.6 Å². The highest BCUT2D eigenvalue weighted by Crippen LogP contribution is 2.25. The highest BCUT2D eigenvalue weighted by molar-refractivity contribution is 9.10. The molecule has 0 atom stereocenters. The second-order valence-electron chi connectivity index (χ2n) is 5.49. The molecule has 0 aliphatic carbocycles. The van der Waals surface area contributed by atoms with Gasteiger partial charge < -0.3 is 10.1 Å². The van der Waals surface area contributed by atoms with Crippen LogP contribution in [0.3, 0.4) is 0 Å². The van der Waals surface area contributed by atoms with Crippen LogP contribution in [0, 0.1) is 10.1 Å². The molecule has 7 nitrogen and oxygen atoms in total. The molecule has 0 aliphatic rings. The van der Waals surface area contributed by atoms with E-state index in [2.05, 4.69) is 26.6 Å². The molecule has 2 N–H and O–H groups in total. The van der Waals surface area contributed by atoms with Gasteiger partial charge in [0.05, 0.1) is 16.6 Å². The Morgan fingerprint density at radius 3 is 2.62 bits per heavy atom. The first-order chi connectivity index (χ1) is 12.3. The average molecular weight is 438 g/mol. The van der Waals surface area contributed by atoms with Crippen LogP contribution in [0.1, 0.15) is 24.2 Å². The molecule has 136 valence electrons. The second kappa shape index (κ2) is 8.72. The molecule has 0 saturated heterocycles. The summed E-state index contributed by atoms with van der Waals surface area (Å²) in [5.41, 5.74) is 0.339. The zero-order valence-electron chi connectivity index (χ0n) is 14.0. The van der Waals surface area contributed by atoms with Gasteiger partial charge in [-0.15, -0.1) is 0 Å². The summed E-state index contributed by atoms with van der Waals surface area (Å²) in [6.07, 6.45) is -0.111. The Hall–Kier alpha value is -2.52. The van der Waals surface area contributed by atoms with Crippen LogP contribution in [-0.4, -0.2) is 22.0 Å². The van der Waals surface area contributed by atoms with Gasteiger partial charge in [-0.1, -0.05) is 28.1 Å². The van der Waals surface area contributed by atoms with E-state index in [1.807, 2.05) is 13.8 Å². The molecule has 0 radical (unpaired) electrons. The minimum atomic E-state index is -0.532. The smallest absolute Gasteiger partial charge is 0.292 e. The van der Waals surface area contributed by atoms with Crippen molar-refractivity contribution < 1.29 is 14.5 Å². The van der Waals surface area contributed by atoms with Gasteiger partial charge in [0.2, 0.25) is 0 Å². The molecule has 0 fully saturated rings. The third-order valence-corrected chi connectivity index (χ3v) is 3.82. The Bertz CT molecular complexity index is 858. The van der Waals surface area contributed by atoms with Crippen molar-refractivity contribution in [3.8, 4) is 5.75 Å². The minimum absolute atomic E-state index is 0.0558. The van der Waals surface area contributed by atoms with Gasteiger partial charge in [0.1, 0.15) is 11.4 Å². The number of thiocarbonyl (C=S) groups is 1. The molecule has 2 aromatic rings. The predicted octanol–water partition coefficient (Wildman–Crippen LogP) is 4.27. The zero-order chi connectivity index (χ0) is 19.3. The average Bonchev–Trinajstić information content (AvgIpc) is 2.56. The first kappa shape index (κ1) is 19.8. The van der Waals surface area contributed by atoms with E-state index in [0.29, 0.717) is 15.8 Å². The fourth-order valence-corrected chi connectivity index (χ4v) is 2.66. The van der Waals surface area contributed by atoms with Crippen LogP contribution in [0.25, 0.3) is 0 Å². The molecule has 2 rings (SSSR count). The summed E-state index contributed by atoms with van der Waals surface area (Å²) in [5, 5.41) is 16.2. The number of anilines is 1. The maximum absolute atomic E-state index is 12.5. The largest absolute Gasteiger partial charge is 0.490 e. The summed E-state index contributed by atoms with van der Waals surface area (Å²) >= 11 is 8.42. The molecular weight excluding hydrogens is 422 g/mol. The quantitative estimate of drug-likeness (QED) is 0.412. The SMILES string of the molecule is CC(C)Oc1ccc(Br)cc1C(=O)NC(=S)Nc1ccccc1[N+](=O)[O-]. The Labute approximate surface area is 164 Å². The number of para-hydroxylation sites is 2. The van der Waals surface area contributed by atoms with Crippen molar-refractivity contribution in [2.24, 2.45) is 0 Å². The lowest BCUT2D eigenvalue weighted by molar-refractivity contribution is -0.383. The molecular formula is C17H16BrN3O4S. The van der Waals surface area contributed by atoms with Crippen molar-refractivity contribution in [1.82, 2.24) is 5.32 Å². The van der Waals surface area contributed by atoms with Gasteiger partial charge in [-0.05, 0) is 50.3 Å². The maximum atomic E-state index is 12.5. The summed E-state index contributed by atoms with van der Waals surface area (Å²) in [6.45, 7) is 3.70. The third kappa shape index (κ3) is 5.24. The lowest BCUT2D eigenvalue weighted by atomic mass is 10.2. The van der Waals surface area contributed by atoms with E-state index in [-0.39, 0.29) is 22.6 Å². The number of rotatable bonds is 5. The summed E-state index contributed by atoms with van der Waals surface area (Å²) in [7, 11) is 0. The number of carbonyl (C=O) groups is 1. The van der Waals surface area contributed by atoms with Crippen molar-refractivity contribution in [3.05, 3.63) is 62.6 Å². The van der Waals surface area contributed by atoms with Crippen molar-refractivity contribution in [3.63, 3.8) is 0 Å². The molecule has 0 aliphatic heterocycles. The normalized spacial score (nSPS) is 10.3. The predicted molar refractivity (Wildman–Crippen MR) is 107 cm³/mol. The van der Waals surface area contributed by atoms with Crippen LogP contribution < -0.4 is 15.4 Å². The van der Waals surface area contributed by atoms with E-state index in [4.69, 9.17) is 17.0 Å². The van der Waals surface area contributed by atoms with E-state index >= 15 is 0 Å². The van der Waals surface area contributed by atoms with Crippen LogP contribution in [0.15, 0.2) is 46.9 Å². The van der Waals surface area contributed by atoms with E-state index in [0.717, 1.165) is 0 Å². The van der Waals surface area contributed by atoms with Crippen LogP contribution >= 0.6 is 28.1 Å². The Morgan fingerprint density at radius 2 is 1.96 bits per heavy atom. The molecule has 0 saturated carbocycles. The second-order valence-corrected chi connectivity index (χ2v) is 6.81. The van der Waals surface area contributed by atoms with E-state index < -0.39 is 10.8 Å². The van der Waals surface area contributed by atoms with Gasteiger partial charge in [0, 0.05) is 10.5 Å². The number of halogens is 1. The van der Waals surface area contributed by atoms with Gasteiger partial charge >= 0.3 is 0 Å². The first-order valence-electron chi connectivity index (χ1n) is 7.60. The number of carbonyl (C=O) groups excluding carboxylic acids is 1. The Kier molecular flexibility index (Phi) is 6.64. The van der Waals surface area contributed by atoms with Gasteiger partial charge in [-0.3, -0.25) is 20.2 Å². The Balaban J connectivity index is 2.17. The Morgan fingerprint density at radius 1 is 1.27 bits per heavy atom. The van der Waals surface area contributed by atoms with Crippen LogP contribution in [0.5, 0.6) is 5.75 Å². The van der Waals surface area contributed by atoms with Crippen LogP contribution in [0.4, 0.5) is 11.4 Å². The number of nitro benzene ring substituents is 1. The molecule has 26 heavy (non-hydrogen) atoms. The number of nitrogens with one attached hydrogen (secondary N) is 2. The van der Waals surface area contributed by atoms with Crippen molar-refractivity contribution in [1.29, 1.82) is 0 Å². The number of ether oxygens (including phenoxy) is 1. The summed E-state index contributed by atoms with van der Waals surface area (Å²) in [5.74, 6) is -0.0766. The summed E-state index contributed by atoms with van der Waals surface area (Å²) < 4.78 is 6.34. The number of benzene rings is 2. The molecule has 0 unspecified atom stereocenters. The number of nitro groups is 1. The maximum Gasteiger partial charge on any atom is 0.292 e. The van der Waals surface area contributed by atoms with Crippen LogP contribution in [-0.2, 0) is 0 Å².